The average Bonchev–Trinajstić information content (AvgIpc) is 2.74. The first-order chi connectivity index (χ1) is 15.1. The van der Waals surface area contributed by atoms with E-state index >= 15 is 0 Å². The Morgan fingerprint density at radius 1 is 1.00 bits per heavy atom. The maximum atomic E-state index is 12.9. The summed E-state index contributed by atoms with van der Waals surface area (Å²) in [6, 6.07) is 8.91. The zero-order valence-electron chi connectivity index (χ0n) is 16.5. The highest BCUT2D eigenvalue weighted by Gasteiger charge is 2.33. The number of halogens is 1. The number of carbonyl (C=O) groups is 1. The van der Waals surface area contributed by atoms with Crippen LogP contribution in [0.15, 0.2) is 47.4 Å². The number of rotatable bonds is 7. The Kier molecular flexibility index (Phi) is 7.03. The SMILES string of the molecule is O=C(CN1CCN(S(=O)(=O)c2ccccc2[N+](=O)[O-])CC1)Nc1cc(Cl)ccc1[N+](=O)[O-]. The molecule has 1 heterocycles. The van der Waals surface area contributed by atoms with Gasteiger partial charge in [-0.3, -0.25) is 29.9 Å². The number of benzene rings is 2. The van der Waals surface area contributed by atoms with Crippen LogP contribution in [0.25, 0.3) is 0 Å². The van der Waals surface area contributed by atoms with Crippen LogP contribution >= 0.6 is 11.6 Å². The molecule has 0 atom stereocenters. The summed E-state index contributed by atoms with van der Waals surface area (Å²) in [5, 5.41) is 25.0. The van der Waals surface area contributed by atoms with Gasteiger partial charge in [0.25, 0.3) is 11.4 Å². The maximum absolute atomic E-state index is 12.9. The van der Waals surface area contributed by atoms with Crippen molar-refractivity contribution in [2.24, 2.45) is 0 Å². The predicted octanol–water partition coefficient (Wildman–Crippen LogP) is 2.10. The fourth-order valence-electron chi connectivity index (χ4n) is 3.25. The molecule has 0 aromatic heterocycles. The van der Waals surface area contributed by atoms with E-state index in [1.54, 1.807) is 4.90 Å². The molecule has 1 amide bonds. The molecule has 1 N–H and O–H groups in total. The summed E-state index contributed by atoms with van der Waals surface area (Å²) in [7, 11) is -4.08. The quantitative estimate of drug-likeness (QED) is 0.463. The number of piperazine rings is 1. The largest absolute Gasteiger partial charge is 0.319 e. The predicted molar refractivity (Wildman–Crippen MR) is 115 cm³/mol. The topological polar surface area (TPSA) is 156 Å². The fourth-order valence-corrected chi connectivity index (χ4v) is 5.01. The van der Waals surface area contributed by atoms with Crippen molar-refractivity contribution < 1.29 is 23.1 Å². The number of anilines is 1. The molecular weight excluding hydrogens is 466 g/mol. The maximum Gasteiger partial charge on any atom is 0.292 e. The van der Waals surface area contributed by atoms with Crippen molar-refractivity contribution in [2.75, 3.05) is 38.0 Å². The highest BCUT2D eigenvalue weighted by Crippen LogP contribution is 2.28. The average molecular weight is 484 g/mol. The van der Waals surface area contributed by atoms with Gasteiger partial charge in [-0.1, -0.05) is 23.7 Å². The Morgan fingerprint density at radius 3 is 2.25 bits per heavy atom. The highest BCUT2D eigenvalue weighted by molar-refractivity contribution is 7.89. The van der Waals surface area contributed by atoms with E-state index in [0.29, 0.717) is 0 Å². The van der Waals surface area contributed by atoms with Crippen LogP contribution in [0.4, 0.5) is 17.1 Å². The van der Waals surface area contributed by atoms with E-state index in [0.717, 1.165) is 10.4 Å². The number of hydrogen-bond acceptors (Lipinski definition) is 8. The summed E-state index contributed by atoms with van der Waals surface area (Å²) < 4.78 is 26.9. The minimum atomic E-state index is -4.08. The van der Waals surface area contributed by atoms with Gasteiger partial charge in [0.05, 0.1) is 16.4 Å². The second-order valence-electron chi connectivity index (χ2n) is 6.87. The summed E-state index contributed by atoms with van der Waals surface area (Å²) in [4.78, 5) is 34.6. The van der Waals surface area contributed by atoms with E-state index in [9.17, 15) is 33.4 Å². The van der Waals surface area contributed by atoms with Crippen molar-refractivity contribution in [1.82, 2.24) is 9.21 Å². The van der Waals surface area contributed by atoms with Crippen LogP contribution in [0.1, 0.15) is 0 Å². The van der Waals surface area contributed by atoms with Crippen molar-refractivity contribution >= 4 is 44.6 Å². The molecule has 170 valence electrons. The van der Waals surface area contributed by atoms with E-state index in [1.165, 1.54) is 36.4 Å². The Morgan fingerprint density at radius 2 is 1.62 bits per heavy atom. The molecule has 12 nitrogen and oxygen atoms in total. The van der Waals surface area contributed by atoms with Crippen molar-refractivity contribution in [3.8, 4) is 0 Å². The summed E-state index contributed by atoms with van der Waals surface area (Å²) in [5.74, 6) is -0.523. The normalized spacial score (nSPS) is 15.3. The summed E-state index contributed by atoms with van der Waals surface area (Å²) in [5.41, 5.74) is -0.842. The first-order valence-corrected chi connectivity index (χ1v) is 11.1. The fraction of sp³-hybridized carbons (Fsp3) is 0.278. The molecule has 14 heteroatoms. The van der Waals surface area contributed by atoms with Crippen molar-refractivity contribution in [3.05, 3.63) is 67.7 Å². The summed E-state index contributed by atoms with van der Waals surface area (Å²) in [6.07, 6.45) is 0. The molecule has 1 saturated heterocycles. The van der Waals surface area contributed by atoms with Crippen LogP contribution in [-0.4, -0.2) is 66.1 Å². The van der Waals surface area contributed by atoms with Crippen LogP contribution < -0.4 is 5.32 Å². The monoisotopic (exact) mass is 483 g/mol. The number of nitrogens with one attached hydrogen (secondary N) is 1. The molecule has 0 bridgehead atoms. The molecular formula is C18H18ClN5O7S. The Hall–Kier alpha value is -3.13. The van der Waals surface area contributed by atoms with Gasteiger partial charge in [-0.15, -0.1) is 0 Å². The molecule has 0 unspecified atom stereocenters. The van der Waals surface area contributed by atoms with Gasteiger partial charge in [0.2, 0.25) is 15.9 Å². The Labute approximate surface area is 187 Å². The minimum Gasteiger partial charge on any atom is -0.319 e. The van der Waals surface area contributed by atoms with Gasteiger partial charge in [0.1, 0.15) is 5.69 Å². The highest BCUT2D eigenvalue weighted by atomic mass is 35.5. The number of amides is 1. The number of para-hydroxylation sites is 1. The van der Waals surface area contributed by atoms with Crippen LogP contribution in [0, 0.1) is 20.2 Å². The van der Waals surface area contributed by atoms with Crippen molar-refractivity contribution in [3.63, 3.8) is 0 Å². The number of nitro groups is 2. The lowest BCUT2D eigenvalue weighted by Gasteiger charge is -2.33. The lowest BCUT2D eigenvalue weighted by atomic mass is 10.2. The third-order valence-corrected chi connectivity index (χ3v) is 6.99. The summed E-state index contributed by atoms with van der Waals surface area (Å²) >= 11 is 5.85. The molecule has 0 spiro atoms. The molecule has 0 saturated carbocycles. The molecule has 1 aliphatic rings. The number of hydrogen-bond donors (Lipinski definition) is 1. The number of carbonyl (C=O) groups excluding carboxylic acids is 1. The third kappa shape index (κ3) is 5.19. The molecule has 0 aliphatic carbocycles. The summed E-state index contributed by atoms with van der Waals surface area (Å²) in [6.45, 7) is 0.330. The third-order valence-electron chi connectivity index (χ3n) is 4.81. The van der Waals surface area contributed by atoms with Gasteiger partial charge in [-0.25, -0.2) is 8.42 Å². The second kappa shape index (κ2) is 9.56. The van der Waals surface area contributed by atoms with E-state index in [2.05, 4.69) is 5.32 Å². The minimum absolute atomic E-state index is 0.0268. The molecule has 1 fully saturated rings. The standard InChI is InChI=1S/C18H18ClN5O7S/c19-13-5-6-15(23(26)27)14(11-13)20-18(25)12-21-7-9-22(10-8-21)32(30,31)17-4-2-1-3-16(17)24(28)29/h1-6,11H,7-10,12H2,(H,20,25). The van der Waals surface area contributed by atoms with Gasteiger partial charge >= 0.3 is 0 Å². The Balaban J connectivity index is 1.63. The molecule has 2 aromatic rings. The molecule has 3 rings (SSSR count). The van der Waals surface area contributed by atoms with Crippen LogP contribution in [-0.2, 0) is 14.8 Å². The number of nitrogens with zero attached hydrogens (tertiary/aromatic N) is 4. The zero-order valence-corrected chi connectivity index (χ0v) is 18.1. The van der Waals surface area contributed by atoms with Gasteiger partial charge in [-0.2, -0.15) is 4.31 Å². The smallest absolute Gasteiger partial charge is 0.292 e. The first-order valence-electron chi connectivity index (χ1n) is 9.29. The van der Waals surface area contributed by atoms with E-state index in [-0.39, 0.29) is 54.0 Å². The Bertz CT molecular complexity index is 1170. The molecule has 0 radical (unpaired) electrons. The first kappa shape index (κ1) is 23.5. The van der Waals surface area contributed by atoms with E-state index in [4.69, 9.17) is 11.6 Å². The molecule has 2 aromatic carbocycles. The number of sulfonamides is 1. The van der Waals surface area contributed by atoms with Crippen molar-refractivity contribution in [1.29, 1.82) is 0 Å². The number of nitro benzene ring substituents is 2. The molecule has 1 aliphatic heterocycles. The van der Waals surface area contributed by atoms with Gasteiger partial charge in [-0.05, 0) is 18.2 Å². The van der Waals surface area contributed by atoms with Gasteiger partial charge in [0, 0.05) is 43.3 Å². The van der Waals surface area contributed by atoms with Gasteiger partial charge < -0.3 is 5.32 Å². The second-order valence-corrected chi connectivity index (χ2v) is 9.21. The van der Waals surface area contributed by atoms with Crippen LogP contribution in [0.5, 0.6) is 0 Å². The van der Waals surface area contributed by atoms with Crippen LogP contribution in [0.2, 0.25) is 5.02 Å². The lowest BCUT2D eigenvalue weighted by molar-refractivity contribution is -0.387. The van der Waals surface area contributed by atoms with Crippen molar-refractivity contribution in [2.45, 2.75) is 4.90 Å². The van der Waals surface area contributed by atoms with E-state index in [1.807, 2.05) is 0 Å². The molecule has 32 heavy (non-hydrogen) atoms. The zero-order chi connectivity index (χ0) is 23.5. The van der Waals surface area contributed by atoms with E-state index < -0.39 is 31.5 Å². The van der Waals surface area contributed by atoms with Crippen LogP contribution in [0.3, 0.4) is 0 Å². The lowest BCUT2D eigenvalue weighted by Crippen LogP contribution is -2.50. The van der Waals surface area contributed by atoms with Gasteiger partial charge in [0.15, 0.2) is 4.90 Å².